The topological polar surface area (TPSA) is 55.3 Å². The molecule has 0 aromatic heterocycles. The summed E-state index contributed by atoms with van der Waals surface area (Å²) < 4.78 is 26.1. The van der Waals surface area contributed by atoms with Gasteiger partial charge in [0, 0.05) is 31.7 Å². The van der Waals surface area contributed by atoms with E-state index in [0.717, 1.165) is 11.1 Å². The second kappa shape index (κ2) is 4.58. The number of hydrogen-bond donors (Lipinski definition) is 2. The maximum atomic E-state index is 13.0. The summed E-state index contributed by atoms with van der Waals surface area (Å²) in [4.78, 5) is 1.76. The third-order valence-corrected chi connectivity index (χ3v) is 3.08. The van der Waals surface area contributed by atoms with Gasteiger partial charge in [-0.2, -0.15) is 0 Å². The smallest absolute Gasteiger partial charge is 0.261 e. The fourth-order valence-electron chi connectivity index (χ4n) is 2.13. The van der Waals surface area contributed by atoms with Crippen molar-refractivity contribution in [2.45, 2.75) is 25.4 Å². The largest absolute Gasteiger partial charge is 0.398 e. The fourth-order valence-corrected chi connectivity index (χ4v) is 2.13. The van der Waals surface area contributed by atoms with Gasteiger partial charge in [0.25, 0.3) is 5.92 Å². The minimum Gasteiger partial charge on any atom is -0.398 e. The third kappa shape index (κ3) is 2.92. The van der Waals surface area contributed by atoms with E-state index in [1.54, 1.807) is 11.0 Å². The quantitative estimate of drug-likeness (QED) is 0.790. The van der Waals surface area contributed by atoms with Crippen molar-refractivity contribution in [1.82, 2.24) is 4.90 Å². The lowest BCUT2D eigenvalue weighted by Crippen LogP contribution is -2.24. The SMILES string of the molecule is NCc1cc(CN2CCC(F)(F)C2)ccc1N. The van der Waals surface area contributed by atoms with Crippen LogP contribution in [0, 0.1) is 0 Å². The van der Waals surface area contributed by atoms with E-state index in [-0.39, 0.29) is 13.0 Å². The van der Waals surface area contributed by atoms with Gasteiger partial charge in [-0.1, -0.05) is 12.1 Å². The number of likely N-dealkylation sites (tertiary alicyclic amines) is 1. The third-order valence-electron chi connectivity index (χ3n) is 3.08. The summed E-state index contributed by atoms with van der Waals surface area (Å²) in [6.45, 7) is 1.18. The Morgan fingerprint density at radius 1 is 1.35 bits per heavy atom. The van der Waals surface area contributed by atoms with Gasteiger partial charge < -0.3 is 11.5 Å². The van der Waals surface area contributed by atoms with Crippen LogP contribution < -0.4 is 11.5 Å². The van der Waals surface area contributed by atoms with Gasteiger partial charge >= 0.3 is 0 Å². The van der Waals surface area contributed by atoms with Crippen LogP contribution in [0.1, 0.15) is 17.5 Å². The molecule has 0 bridgehead atoms. The molecule has 1 saturated heterocycles. The van der Waals surface area contributed by atoms with Gasteiger partial charge in [0.05, 0.1) is 6.54 Å². The van der Waals surface area contributed by atoms with Crippen LogP contribution in [0.15, 0.2) is 18.2 Å². The number of rotatable bonds is 3. The Hall–Kier alpha value is -1.20. The lowest BCUT2D eigenvalue weighted by molar-refractivity contribution is 0.0115. The molecule has 0 radical (unpaired) electrons. The number of hydrogen-bond acceptors (Lipinski definition) is 3. The Morgan fingerprint density at radius 2 is 2.12 bits per heavy atom. The first-order valence-corrected chi connectivity index (χ1v) is 5.68. The van der Waals surface area contributed by atoms with Crippen LogP contribution in [0.25, 0.3) is 0 Å². The molecule has 1 aromatic rings. The molecular formula is C12H17F2N3. The zero-order valence-corrected chi connectivity index (χ0v) is 9.63. The standard InChI is InChI=1S/C12H17F2N3/c13-12(14)3-4-17(8-12)7-9-1-2-11(16)10(5-9)6-15/h1-2,5H,3-4,6-8,15-16H2. The average Bonchev–Trinajstić information content (AvgIpc) is 2.61. The van der Waals surface area contributed by atoms with Crippen molar-refractivity contribution < 1.29 is 8.78 Å². The molecule has 94 valence electrons. The molecule has 1 fully saturated rings. The summed E-state index contributed by atoms with van der Waals surface area (Å²) in [5.74, 6) is -2.54. The molecule has 0 amide bonds. The number of nitrogens with zero attached hydrogens (tertiary/aromatic N) is 1. The summed E-state index contributed by atoms with van der Waals surface area (Å²) in [6, 6.07) is 5.54. The van der Waals surface area contributed by atoms with Gasteiger partial charge in [-0.3, -0.25) is 4.90 Å². The summed E-state index contributed by atoms with van der Waals surface area (Å²) >= 11 is 0. The van der Waals surface area contributed by atoms with Crippen LogP contribution in [-0.2, 0) is 13.1 Å². The van der Waals surface area contributed by atoms with Crippen molar-refractivity contribution in [1.29, 1.82) is 0 Å². The molecule has 5 heteroatoms. The Balaban J connectivity index is 2.04. The van der Waals surface area contributed by atoms with E-state index in [1.807, 2.05) is 12.1 Å². The van der Waals surface area contributed by atoms with Gasteiger partial charge in [-0.25, -0.2) is 8.78 Å². The van der Waals surface area contributed by atoms with Crippen molar-refractivity contribution in [3.63, 3.8) is 0 Å². The molecule has 3 nitrogen and oxygen atoms in total. The molecule has 0 aliphatic carbocycles. The molecule has 2 rings (SSSR count). The molecule has 0 atom stereocenters. The van der Waals surface area contributed by atoms with Gasteiger partial charge in [-0.05, 0) is 17.2 Å². The number of anilines is 1. The molecule has 17 heavy (non-hydrogen) atoms. The second-order valence-corrected chi connectivity index (χ2v) is 4.55. The van der Waals surface area contributed by atoms with E-state index in [1.165, 1.54) is 0 Å². The van der Waals surface area contributed by atoms with Crippen molar-refractivity contribution in [2.75, 3.05) is 18.8 Å². The van der Waals surface area contributed by atoms with E-state index in [0.29, 0.717) is 25.3 Å². The highest BCUT2D eigenvalue weighted by Crippen LogP contribution is 2.28. The lowest BCUT2D eigenvalue weighted by atomic mass is 10.1. The molecule has 0 unspecified atom stereocenters. The first kappa shape index (κ1) is 12.3. The summed E-state index contributed by atoms with van der Waals surface area (Å²) in [7, 11) is 0. The van der Waals surface area contributed by atoms with Gasteiger partial charge in [0.2, 0.25) is 0 Å². The maximum Gasteiger partial charge on any atom is 0.261 e. The van der Waals surface area contributed by atoms with E-state index >= 15 is 0 Å². The van der Waals surface area contributed by atoms with E-state index < -0.39 is 5.92 Å². The molecule has 1 aliphatic rings. The second-order valence-electron chi connectivity index (χ2n) is 4.55. The van der Waals surface area contributed by atoms with E-state index in [2.05, 4.69) is 0 Å². The Morgan fingerprint density at radius 3 is 2.71 bits per heavy atom. The number of nitrogens with two attached hydrogens (primary N) is 2. The first-order valence-electron chi connectivity index (χ1n) is 5.68. The minimum atomic E-state index is -2.54. The molecule has 1 heterocycles. The normalized spacial score (nSPS) is 19.7. The fraction of sp³-hybridized carbons (Fsp3) is 0.500. The van der Waals surface area contributed by atoms with E-state index in [4.69, 9.17) is 11.5 Å². The molecule has 0 spiro atoms. The number of halogens is 2. The molecule has 0 saturated carbocycles. The van der Waals surface area contributed by atoms with Crippen LogP contribution in [0.5, 0.6) is 0 Å². The van der Waals surface area contributed by atoms with E-state index in [9.17, 15) is 8.78 Å². The predicted molar refractivity (Wildman–Crippen MR) is 63.6 cm³/mol. The summed E-state index contributed by atoms with van der Waals surface area (Å²) in [5.41, 5.74) is 13.8. The van der Waals surface area contributed by atoms with Crippen molar-refractivity contribution in [3.05, 3.63) is 29.3 Å². The average molecular weight is 241 g/mol. The summed E-state index contributed by atoms with van der Waals surface area (Å²) in [5, 5.41) is 0. The molecule has 1 aliphatic heterocycles. The van der Waals surface area contributed by atoms with Gasteiger partial charge in [-0.15, -0.1) is 0 Å². The number of alkyl halides is 2. The van der Waals surface area contributed by atoms with Crippen LogP contribution in [0.2, 0.25) is 0 Å². The van der Waals surface area contributed by atoms with Crippen LogP contribution in [0.4, 0.5) is 14.5 Å². The molecule has 1 aromatic carbocycles. The maximum absolute atomic E-state index is 13.0. The number of benzene rings is 1. The highest BCUT2D eigenvalue weighted by Gasteiger charge is 2.37. The summed E-state index contributed by atoms with van der Waals surface area (Å²) in [6.07, 6.45) is -0.0499. The van der Waals surface area contributed by atoms with Gasteiger partial charge in [0.1, 0.15) is 0 Å². The number of nitrogen functional groups attached to an aromatic ring is 1. The van der Waals surface area contributed by atoms with Crippen molar-refractivity contribution in [2.24, 2.45) is 5.73 Å². The monoisotopic (exact) mass is 241 g/mol. The zero-order valence-electron chi connectivity index (χ0n) is 9.63. The highest BCUT2D eigenvalue weighted by atomic mass is 19.3. The first-order chi connectivity index (χ1) is 8.00. The Kier molecular flexibility index (Phi) is 3.31. The van der Waals surface area contributed by atoms with Crippen LogP contribution in [0.3, 0.4) is 0 Å². The zero-order chi connectivity index (χ0) is 12.5. The molecular weight excluding hydrogens is 224 g/mol. The molecule has 4 N–H and O–H groups in total. The Bertz CT molecular complexity index is 407. The highest BCUT2D eigenvalue weighted by molar-refractivity contribution is 5.48. The minimum absolute atomic E-state index is 0.0499. The van der Waals surface area contributed by atoms with Crippen LogP contribution >= 0.6 is 0 Å². The van der Waals surface area contributed by atoms with Gasteiger partial charge in [0.15, 0.2) is 0 Å². The van der Waals surface area contributed by atoms with Crippen LogP contribution in [-0.4, -0.2) is 23.9 Å². The lowest BCUT2D eigenvalue weighted by Gasteiger charge is -2.16. The van der Waals surface area contributed by atoms with Crippen molar-refractivity contribution in [3.8, 4) is 0 Å². The Labute approximate surface area is 99.4 Å². The van der Waals surface area contributed by atoms with Crippen molar-refractivity contribution >= 4 is 5.69 Å². The predicted octanol–water partition coefficient (Wildman–Crippen LogP) is 1.57.